The van der Waals surface area contributed by atoms with Gasteiger partial charge in [0.2, 0.25) is 5.91 Å². The number of anilines is 4. The van der Waals surface area contributed by atoms with E-state index >= 15 is 0 Å². The zero-order chi connectivity index (χ0) is 21.0. The lowest BCUT2D eigenvalue weighted by Gasteiger charge is -2.24. The van der Waals surface area contributed by atoms with E-state index in [0.29, 0.717) is 42.0 Å². The number of fused-ring (bicyclic) bond motifs is 2. The van der Waals surface area contributed by atoms with E-state index < -0.39 is 16.0 Å². The summed E-state index contributed by atoms with van der Waals surface area (Å²) >= 11 is 0. The van der Waals surface area contributed by atoms with Crippen LogP contribution in [0.15, 0.2) is 47.4 Å². The zero-order valence-corrected chi connectivity index (χ0v) is 16.8. The van der Waals surface area contributed by atoms with Gasteiger partial charge in [0.15, 0.2) is 0 Å². The van der Waals surface area contributed by atoms with Gasteiger partial charge >= 0.3 is 5.97 Å². The molecule has 1 amide bonds. The number of carbonyl (C=O) groups is 2. The van der Waals surface area contributed by atoms with Gasteiger partial charge < -0.3 is 15.7 Å². The maximum absolute atomic E-state index is 13.5. The molecule has 0 spiro atoms. The SMILES string of the molecule is CC(=O)Nc1ccc2c(c1)S(=O)(=O)N(CCCCCC(=O)O)c1ccccc1N2. The Bertz CT molecular complexity index is 1040. The van der Waals surface area contributed by atoms with Crippen LogP contribution in [-0.4, -0.2) is 31.9 Å². The Kier molecular flexibility index (Phi) is 6.07. The number of nitrogens with zero attached hydrogens (tertiary/aromatic N) is 1. The van der Waals surface area contributed by atoms with Gasteiger partial charge in [-0.25, -0.2) is 8.42 Å². The molecule has 0 saturated carbocycles. The molecule has 0 saturated heterocycles. The first-order valence-electron chi connectivity index (χ1n) is 9.31. The molecule has 154 valence electrons. The van der Waals surface area contributed by atoms with Crippen molar-refractivity contribution < 1.29 is 23.1 Å². The van der Waals surface area contributed by atoms with Crippen LogP contribution in [0.25, 0.3) is 0 Å². The highest BCUT2D eigenvalue weighted by atomic mass is 32.2. The van der Waals surface area contributed by atoms with Crippen molar-refractivity contribution >= 4 is 44.6 Å². The molecule has 1 aliphatic heterocycles. The minimum Gasteiger partial charge on any atom is -0.481 e. The summed E-state index contributed by atoms with van der Waals surface area (Å²) in [7, 11) is -3.89. The summed E-state index contributed by atoms with van der Waals surface area (Å²) in [6, 6.07) is 11.9. The van der Waals surface area contributed by atoms with Gasteiger partial charge in [-0.1, -0.05) is 18.6 Å². The number of hydrogen-bond donors (Lipinski definition) is 3. The first kappa shape index (κ1) is 20.7. The lowest BCUT2D eigenvalue weighted by Crippen LogP contribution is -2.31. The molecule has 2 aromatic carbocycles. The number of amides is 1. The number of hydrogen-bond acceptors (Lipinski definition) is 5. The number of unbranched alkanes of at least 4 members (excludes halogenated alkanes) is 2. The van der Waals surface area contributed by atoms with Crippen LogP contribution in [0.4, 0.5) is 22.7 Å². The van der Waals surface area contributed by atoms with E-state index in [1.807, 2.05) is 6.07 Å². The van der Waals surface area contributed by atoms with E-state index in [4.69, 9.17) is 5.11 Å². The van der Waals surface area contributed by atoms with Gasteiger partial charge in [-0.15, -0.1) is 0 Å². The molecule has 0 bridgehead atoms. The third-order valence-electron chi connectivity index (χ3n) is 4.56. The van der Waals surface area contributed by atoms with Crippen molar-refractivity contribution in [2.24, 2.45) is 0 Å². The van der Waals surface area contributed by atoms with Crippen LogP contribution in [0.1, 0.15) is 32.6 Å². The fourth-order valence-corrected chi connectivity index (χ4v) is 4.96. The monoisotopic (exact) mass is 417 g/mol. The van der Waals surface area contributed by atoms with E-state index in [1.54, 1.807) is 30.3 Å². The fourth-order valence-electron chi connectivity index (χ4n) is 3.26. The fraction of sp³-hybridized carbons (Fsp3) is 0.300. The van der Waals surface area contributed by atoms with Crippen LogP contribution in [0, 0.1) is 0 Å². The minimum atomic E-state index is -3.89. The number of carbonyl (C=O) groups excluding carboxylic acids is 1. The van der Waals surface area contributed by atoms with Gasteiger partial charge in [0.25, 0.3) is 10.0 Å². The Balaban J connectivity index is 1.96. The molecule has 0 unspecified atom stereocenters. The van der Waals surface area contributed by atoms with Crippen LogP contribution < -0.4 is 14.9 Å². The summed E-state index contributed by atoms with van der Waals surface area (Å²) in [5, 5.41) is 14.6. The lowest BCUT2D eigenvalue weighted by molar-refractivity contribution is -0.137. The van der Waals surface area contributed by atoms with Crippen LogP contribution in [0.5, 0.6) is 0 Å². The number of carboxylic acid groups (broad SMARTS) is 1. The average Bonchev–Trinajstić information content (AvgIpc) is 2.74. The molecular weight excluding hydrogens is 394 g/mol. The van der Waals surface area contributed by atoms with Crippen molar-refractivity contribution in [3.05, 3.63) is 42.5 Å². The smallest absolute Gasteiger partial charge is 0.303 e. The van der Waals surface area contributed by atoms with Crippen molar-refractivity contribution in [3.63, 3.8) is 0 Å². The number of nitrogens with one attached hydrogen (secondary N) is 2. The summed E-state index contributed by atoms with van der Waals surface area (Å²) in [6.45, 7) is 1.59. The van der Waals surface area contributed by atoms with Crippen molar-refractivity contribution in [1.29, 1.82) is 0 Å². The van der Waals surface area contributed by atoms with Gasteiger partial charge in [-0.3, -0.25) is 13.9 Å². The van der Waals surface area contributed by atoms with Crippen LogP contribution in [0.2, 0.25) is 0 Å². The maximum Gasteiger partial charge on any atom is 0.303 e. The molecule has 29 heavy (non-hydrogen) atoms. The average molecular weight is 417 g/mol. The highest BCUT2D eigenvalue weighted by molar-refractivity contribution is 7.93. The molecular formula is C20H23N3O5S. The van der Waals surface area contributed by atoms with Crippen LogP contribution in [-0.2, 0) is 19.6 Å². The summed E-state index contributed by atoms with van der Waals surface area (Å²) in [4.78, 5) is 22.1. The predicted octanol–water partition coefficient (Wildman–Crippen LogP) is 3.54. The molecule has 0 radical (unpaired) electrons. The van der Waals surface area contributed by atoms with Gasteiger partial charge in [0.05, 0.1) is 17.1 Å². The van der Waals surface area contributed by atoms with Gasteiger partial charge in [-0.05, 0) is 43.2 Å². The summed E-state index contributed by atoms with van der Waals surface area (Å²) in [5.41, 5.74) is 2.02. The van der Waals surface area contributed by atoms with Crippen molar-refractivity contribution in [2.45, 2.75) is 37.5 Å². The van der Waals surface area contributed by atoms with Gasteiger partial charge in [-0.2, -0.15) is 0 Å². The number of aliphatic carboxylic acids is 1. The summed E-state index contributed by atoms with van der Waals surface area (Å²) < 4.78 is 28.3. The third kappa shape index (κ3) is 4.68. The Morgan fingerprint density at radius 2 is 1.83 bits per heavy atom. The Hall–Kier alpha value is -3.07. The van der Waals surface area contributed by atoms with Crippen LogP contribution >= 0.6 is 0 Å². The topological polar surface area (TPSA) is 116 Å². The standard InChI is InChI=1S/C20H23N3O5S/c1-14(24)21-15-10-11-17-19(13-15)29(27,28)23(12-6-2-3-9-20(25)26)18-8-5-4-7-16(18)22-17/h4-5,7-8,10-11,13,22H,2-3,6,9,12H2,1H3,(H,21,24)(H,25,26). The molecule has 0 atom stereocenters. The molecule has 3 rings (SSSR count). The van der Waals surface area contributed by atoms with Gasteiger partial charge in [0, 0.05) is 25.6 Å². The largest absolute Gasteiger partial charge is 0.481 e. The van der Waals surface area contributed by atoms with Crippen molar-refractivity contribution in [3.8, 4) is 0 Å². The van der Waals surface area contributed by atoms with E-state index in [2.05, 4.69) is 10.6 Å². The van der Waals surface area contributed by atoms with E-state index in [9.17, 15) is 18.0 Å². The quantitative estimate of drug-likeness (QED) is 0.594. The number of benzene rings is 2. The maximum atomic E-state index is 13.5. The summed E-state index contributed by atoms with van der Waals surface area (Å²) in [5.74, 6) is -1.15. The summed E-state index contributed by atoms with van der Waals surface area (Å²) in [6.07, 6.45) is 1.69. The predicted molar refractivity (Wildman–Crippen MR) is 111 cm³/mol. The van der Waals surface area contributed by atoms with E-state index in [0.717, 1.165) is 0 Å². The zero-order valence-electron chi connectivity index (χ0n) is 16.0. The van der Waals surface area contributed by atoms with Gasteiger partial charge in [0.1, 0.15) is 4.90 Å². The number of rotatable bonds is 7. The molecule has 9 heteroatoms. The molecule has 1 aliphatic rings. The van der Waals surface area contributed by atoms with Crippen molar-refractivity contribution in [2.75, 3.05) is 21.5 Å². The normalized spacial score (nSPS) is 14.2. The number of para-hydroxylation sites is 2. The molecule has 0 aromatic heterocycles. The molecule has 3 N–H and O–H groups in total. The Labute approximate surface area is 169 Å². The second-order valence-electron chi connectivity index (χ2n) is 6.82. The van der Waals surface area contributed by atoms with Crippen LogP contribution in [0.3, 0.4) is 0 Å². The highest BCUT2D eigenvalue weighted by Gasteiger charge is 2.32. The molecule has 0 aliphatic carbocycles. The highest BCUT2D eigenvalue weighted by Crippen LogP contribution is 2.40. The molecule has 8 nitrogen and oxygen atoms in total. The number of carboxylic acids is 1. The molecule has 0 fully saturated rings. The first-order chi connectivity index (χ1) is 13.8. The number of sulfonamides is 1. The minimum absolute atomic E-state index is 0.0633. The Morgan fingerprint density at radius 3 is 2.55 bits per heavy atom. The Morgan fingerprint density at radius 1 is 1.07 bits per heavy atom. The molecule has 1 heterocycles. The lowest BCUT2D eigenvalue weighted by atomic mass is 10.2. The second kappa shape index (κ2) is 8.52. The van der Waals surface area contributed by atoms with E-state index in [1.165, 1.54) is 17.3 Å². The van der Waals surface area contributed by atoms with E-state index in [-0.39, 0.29) is 23.8 Å². The first-order valence-corrected chi connectivity index (χ1v) is 10.8. The third-order valence-corrected chi connectivity index (χ3v) is 6.42. The molecule has 2 aromatic rings. The second-order valence-corrected chi connectivity index (χ2v) is 8.65. The van der Waals surface area contributed by atoms with Crippen molar-refractivity contribution in [1.82, 2.24) is 0 Å².